The minimum atomic E-state index is -0.283. The van der Waals surface area contributed by atoms with Gasteiger partial charge in [0.25, 0.3) is 6.47 Å². The third-order valence-corrected chi connectivity index (χ3v) is 1.79. The Balaban J connectivity index is 2.84. The SMILES string of the molecule is Cc1cc(O)ccc1C(=O)COC=O. The summed E-state index contributed by atoms with van der Waals surface area (Å²) < 4.78 is 4.34. The second-order valence-corrected chi connectivity index (χ2v) is 2.83. The Bertz CT molecular complexity index is 357. The molecule has 0 aromatic heterocycles. The first-order valence-corrected chi connectivity index (χ1v) is 4.03. The molecule has 0 amide bonds. The number of carbonyl (C=O) groups excluding carboxylic acids is 2. The molecule has 0 saturated heterocycles. The first-order chi connectivity index (χ1) is 6.65. The lowest BCUT2D eigenvalue weighted by Crippen LogP contribution is -2.09. The molecule has 0 radical (unpaired) electrons. The predicted molar refractivity (Wildman–Crippen MR) is 49.2 cm³/mol. The number of hydrogen-bond acceptors (Lipinski definition) is 4. The minimum Gasteiger partial charge on any atom is -0.508 e. The minimum absolute atomic E-state index is 0.107. The van der Waals surface area contributed by atoms with Crippen molar-refractivity contribution in [1.82, 2.24) is 0 Å². The number of Topliss-reactive ketones (excluding diaryl/α,β-unsaturated/α-hetero) is 1. The number of phenols is 1. The van der Waals surface area contributed by atoms with Crippen molar-refractivity contribution in [3.63, 3.8) is 0 Å². The first-order valence-electron chi connectivity index (χ1n) is 4.03. The molecule has 4 nitrogen and oxygen atoms in total. The molecule has 1 N–H and O–H groups in total. The molecule has 14 heavy (non-hydrogen) atoms. The van der Waals surface area contributed by atoms with Gasteiger partial charge in [-0.1, -0.05) is 0 Å². The van der Waals surface area contributed by atoms with E-state index >= 15 is 0 Å². The summed E-state index contributed by atoms with van der Waals surface area (Å²) in [7, 11) is 0. The van der Waals surface area contributed by atoms with E-state index < -0.39 is 0 Å². The Labute approximate surface area is 81.1 Å². The van der Waals surface area contributed by atoms with Crippen molar-refractivity contribution in [2.45, 2.75) is 6.92 Å². The molecular formula is C10H10O4. The zero-order valence-corrected chi connectivity index (χ0v) is 7.69. The van der Waals surface area contributed by atoms with Crippen molar-refractivity contribution in [3.05, 3.63) is 29.3 Å². The molecule has 0 bridgehead atoms. The molecule has 0 unspecified atom stereocenters. The normalized spacial score (nSPS) is 9.50. The fourth-order valence-electron chi connectivity index (χ4n) is 1.15. The van der Waals surface area contributed by atoms with Gasteiger partial charge in [-0.3, -0.25) is 9.59 Å². The van der Waals surface area contributed by atoms with E-state index in [9.17, 15) is 9.59 Å². The lowest BCUT2D eigenvalue weighted by atomic mass is 10.1. The van der Waals surface area contributed by atoms with Gasteiger partial charge >= 0.3 is 0 Å². The average molecular weight is 194 g/mol. The maximum absolute atomic E-state index is 11.4. The number of phenolic OH excluding ortho intramolecular Hbond substituents is 1. The zero-order chi connectivity index (χ0) is 10.6. The molecule has 0 saturated carbocycles. The molecule has 1 aromatic carbocycles. The van der Waals surface area contributed by atoms with Gasteiger partial charge in [0.05, 0.1) is 0 Å². The third-order valence-electron chi connectivity index (χ3n) is 1.79. The largest absolute Gasteiger partial charge is 0.508 e. The van der Waals surface area contributed by atoms with Crippen molar-refractivity contribution in [1.29, 1.82) is 0 Å². The van der Waals surface area contributed by atoms with Gasteiger partial charge < -0.3 is 9.84 Å². The first kappa shape index (κ1) is 10.2. The quantitative estimate of drug-likeness (QED) is 0.575. The number of aryl methyl sites for hydroxylation is 1. The second-order valence-electron chi connectivity index (χ2n) is 2.83. The van der Waals surface area contributed by atoms with Crippen LogP contribution in [-0.4, -0.2) is 24.0 Å². The van der Waals surface area contributed by atoms with Crippen molar-refractivity contribution >= 4 is 12.3 Å². The van der Waals surface area contributed by atoms with Crippen molar-refractivity contribution < 1.29 is 19.4 Å². The summed E-state index contributed by atoms with van der Waals surface area (Å²) >= 11 is 0. The summed E-state index contributed by atoms with van der Waals surface area (Å²) in [6.07, 6.45) is 0. The number of rotatable bonds is 4. The van der Waals surface area contributed by atoms with Crippen LogP contribution < -0.4 is 0 Å². The fourth-order valence-corrected chi connectivity index (χ4v) is 1.15. The highest BCUT2D eigenvalue weighted by Crippen LogP contribution is 2.15. The van der Waals surface area contributed by atoms with E-state index in [1.165, 1.54) is 18.2 Å². The third kappa shape index (κ3) is 2.32. The maximum atomic E-state index is 11.4. The topological polar surface area (TPSA) is 63.6 Å². The molecule has 0 fully saturated rings. The van der Waals surface area contributed by atoms with Gasteiger partial charge in [-0.05, 0) is 30.7 Å². The lowest BCUT2D eigenvalue weighted by molar-refractivity contribution is -0.127. The predicted octanol–water partition coefficient (Wildman–Crippen LogP) is 1.06. The molecule has 4 heteroatoms. The van der Waals surface area contributed by atoms with E-state index in [1.807, 2.05) is 0 Å². The van der Waals surface area contributed by atoms with E-state index in [0.29, 0.717) is 11.1 Å². The summed E-state index contributed by atoms with van der Waals surface area (Å²) in [5.41, 5.74) is 1.11. The number of aromatic hydroxyl groups is 1. The number of carbonyl (C=O) groups is 2. The molecule has 0 aliphatic heterocycles. The Hall–Kier alpha value is -1.84. The standard InChI is InChI=1S/C10H10O4/c1-7-4-8(12)2-3-9(7)10(13)5-14-6-11/h2-4,6,12H,5H2,1H3. The van der Waals surface area contributed by atoms with Crippen LogP contribution in [0.3, 0.4) is 0 Å². The smallest absolute Gasteiger partial charge is 0.293 e. The van der Waals surface area contributed by atoms with Gasteiger partial charge in [0.2, 0.25) is 5.78 Å². The molecule has 0 aliphatic rings. The van der Waals surface area contributed by atoms with Crippen LogP contribution in [0, 0.1) is 6.92 Å². The van der Waals surface area contributed by atoms with Gasteiger partial charge in [-0.25, -0.2) is 0 Å². The highest BCUT2D eigenvalue weighted by atomic mass is 16.5. The van der Waals surface area contributed by atoms with Crippen LogP contribution in [0.4, 0.5) is 0 Å². The summed E-state index contributed by atoms with van der Waals surface area (Å²) in [5, 5.41) is 9.10. The molecular weight excluding hydrogens is 184 g/mol. The van der Waals surface area contributed by atoms with Crippen LogP contribution in [0.1, 0.15) is 15.9 Å². The fraction of sp³-hybridized carbons (Fsp3) is 0.200. The molecule has 0 heterocycles. The van der Waals surface area contributed by atoms with Gasteiger partial charge in [0.1, 0.15) is 5.75 Å². The zero-order valence-electron chi connectivity index (χ0n) is 7.69. The summed E-state index contributed by atoms with van der Waals surface area (Å²) in [6.45, 7) is 1.66. The lowest BCUT2D eigenvalue weighted by Gasteiger charge is -2.03. The highest BCUT2D eigenvalue weighted by molar-refractivity contribution is 5.98. The molecule has 0 spiro atoms. The van der Waals surface area contributed by atoms with E-state index in [0.717, 1.165) is 0 Å². The van der Waals surface area contributed by atoms with Crippen LogP contribution in [0.15, 0.2) is 18.2 Å². The van der Waals surface area contributed by atoms with Gasteiger partial charge in [-0.2, -0.15) is 0 Å². The number of benzene rings is 1. The monoisotopic (exact) mass is 194 g/mol. The van der Waals surface area contributed by atoms with Crippen LogP contribution in [-0.2, 0) is 9.53 Å². The number of ketones is 1. The second kappa shape index (κ2) is 4.41. The van der Waals surface area contributed by atoms with Crippen LogP contribution in [0.2, 0.25) is 0 Å². The Morgan fingerprint density at radius 2 is 2.29 bits per heavy atom. The van der Waals surface area contributed by atoms with Gasteiger partial charge in [0.15, 0.2) is 6.61 Å². The average Bonchev–Trinajstić information content (AvgIpc) is 2.14. The number of ether oxygens (including phenoxy) is 1. The summed E-state index contributed by atoms with van der Waals surface area (Å²) in [6, 6.07) is 4.40. The Morgan fingerprint density at radius 3 is 2.86 bits per heavy atom. The Morgan fingerprint density at radius 1 is 1.57 bits per heavy atom. The summed E-state index contributed by atoms with van der Waals surface area (Å²) in [5.74, 6) is -0.176. The summed E-state index contributed by atoms with van der Waals surface area (Å²) in [4.78, 5) is 21.2. The molecule has 0 atom stereocenters. The highest BCUT2D eigenvalue weighted by Gasteiger charge is 2.09. The van der Waals surface area contributed by atoms with Gasteiger partial charge in [-0.15, -0.1) is 0 Å². The van der Waals surface area contributed by atoms with E-state index in [2.05, 4.69) is 4.74 Å². The number of hydrogen-bond donors (Lipinski definition) is 1. The van der Waals surface area contributed by atoms with E-state index in [4.69, 9.17) is 5.11 Å². The van der Waals surface area contributed by atoms with Crippen LogP contribution >= 0.6 is 0 Å². The van der Waals surface area contributed by atoms with Gasteiger partial charge in [0, 0.05) is 5.56 Å². The van der Waals surface area contributed by atoms with E-state index in [-0.39, 0.29) is 24.6 Å². The van der Waals surface area contributed by atoms with Crippen LogP contribution in [0.25, 0.3) is 0 Å². The molecule has 1 aromatic rings. The molecule has 74 valence electrons. The molecule has 1 rings (SSSR count). The van der Waals surface area contributed by atoms with Crippen molar-refractivity contribution in [3.8, 4) is 5.75 Å². The van der Waals surface area contributed by atoms with Crippen LogP contribution in [0.5, 0.6) is 5.75 Å². The van der Waals surface area contributed by atoms with Crippen molar-refractivity contribution in [2.75, 3.05) is 6.61 Å². The van der Waals surface area contributed by atoms with E-state index in [1.54, 1.807) is 6.92 Å². The van der Waals surface area contributed by atoms with Crippen molar-refractivity contribution in [2.24, 2.45) is 0 Å². The Kier molecular flexibility index (Phi) is 3.23. The maximum Gasteiger partial charge on any atom is 0.293 e. The molecule has 0 aliphatic carbocycles.